The third-order valence-corrected chi connectivity index (χ3v) is 3.23. The van der Waals surface area contributed by atoms with E-state index in [1.54, 1.807) is 6.33 Å². The third-order valence-electron chi connectivity index (χ3n) is 3.23. The van der Waals surface area contributed by atoms with Crippen molar-refractivity contribution in [1.82, 2.24) is 9.55 Å². The molecule has 4 nitrogen and oxygen atoms in total. The Balaban J connectivity index is 1.93. The van der Waals surface area contributed by atoms with E-state index in [0.29, 0.717) is 5.69 Å². The Morgan fingerprint density at radius 1 is 1.05 bits per heavy atom. The third kappa shape index (κ3) is 2.69. The first-order valence-electron chi connectivity index (χ1n) is 6.60. The number of rotatable bonds is 4. The summed E-state index contributed by atoms with van der Waals surface area (Å²) in [6, 6.07) is 17.3. The van der Waals surface area contributed by atoms with Gasteiger partial charge in [-0.05, 0) is 31.2 Å². The van der Waals surface area contributed by atoms with Gasteiger partial charge in [-0.3, -0.25) is 4.79 Å². The van der Waals surface area contributed by atoms with E-state index in [2.05, 4.69) is 4.98 Å². The van der Waals surface area contributed by atoms with Gasteiger partial charge in [0, 0.05) is 6.07 Å². The van der Waals surface area contributed by atoms with Gasteiger partial charge >= 0.3 is 0 Å². The molecule has 0 N–H and O–H groups in total. The van der Waals surface area contributed by atoms with Crippen LogP contribution in [0.4, 0.5) is 0 Å². The summed E-state index contributed by atoms with van der Waals surface area (Å²) in [4.78, 5) is 15.0. The number of aromatic nitrogens is 2. The molecule has 0 amide bonds. The maximum Gasteiger partial charge on any atom is 0.170 e. The maximum absolute atomic E-state index is 10.9. The molecule has 2 aromatic carbocycles. The highest BCUT2D eigenvalue weighted by atomic mass is 16.5. The normalized spacial score (nSPS) is 10.3. The Morgan fingerprint density at radius 2 is 1.81 bits per heavy atom. The first-order valence-corrected chi connectivity index (χ1v) is 6.60. The van der Waals surface area contributed by atoms with Gasteiger partial charge in [0.15, 0.2) is 6.29 Å². The zero-order valence-electron chi connectivity index (χ0n) is 11.6. The molecular formula is C17H14N2O2. The van der Waals surface area contributed by atoms with E-state index in [1.165, 1.54) is 0 Å². The largest absolute Gasteiger partial charge is 0.457 e. The highest BCUT2D eigenvalue weighted by molar-refractivity contribution is 5.73. The standard InChI is InChI=1S/C17H14N2O2/c1-13-17(11-20)18-12-19(13)14-6-5-9-16(10-14)21-15-7-3-2-4-8-15/h2-12H,1H3. The summed E-state index contributed by atoms with van der Waals surface area (Å²) in [6.45, 7) is 1.86. The van der Waals surface area contributed by atoms with Crippen molar-refractivity contribution in [2.24, 2.45) is 0 Å². The summed E-state index contributed by atoms with van der Waals surface area (Å²) in [6.07, 6.45) is 2.40. The van der Waals surface area contributed by atoms with Gasteiger partial charge in [-0.25, -0.2) is 4.98 Å². The molecule has 21 heavy (non-hydrogen) atoms. The lowest BCUT2D eigenvalue weighted by Gasteiger charge is -2.09. The molecule has 3 aromatic rings. The fourth-order valence-corrected chi connectivity index (χ4v) is 2.12. The number of carbonyl (C=O) groups is 1. The first kappa shape index (κ1) is 13.1. The number of aldehydes is 1. The summed E-state index contributed by atoms with van der Waals surface area (Å²) >= 11 is 0. The number of benzene rings is 2. The predicted molar refractivity (Wildman–Crippen MR) is 80.2 cm³/mol. The molecule has 0 spiro atoms. The van der Waals surface area contributed by atoms with Crippen LogP contribution >= 0.6 is 0 Å². The second kappa shape index (κ2) is 5.63. The molecule has 1 aromatic heterocycles. The van der Waals surface area contributed by atoms with Crippen LogP contribution in [0.5, 0.6) is 11.5 Å². The first-order chi connectivity index (χ1) is 10.3. The summed E-state index contributed by atoms with van der Waals surface area (Å²) in [5, 5.41) is 0. The SMILES string of the molecule is Cc1c(C=O)ncn1-c1cccc(Oc2ccccc2)c1. The number of ether oxygens (including phenoxy) is 1. The molecule has 0 saturated carbocycles. The van der Waals surface area contributed by atoms with Crippen LogP contribution in [0.3, 0.4) is 0 Å². The van der Waals surface area contributed by atoms with Crippen molar-refractivity contribution in [3.63, 3.8) is 0 Å². The Hall–Kier alpha value is -2.88. The van der Waals surface area contributed by atoms with Crippen LogP contribution in [0.2, 0.25) is 0 Å². The van der Waals surface area contributed by atoms with E-state index in [4.69, 9.17) is 4.74 Å². The summed E-state index contributed by atoms with van der Waals surface area (Å²) < 4.78 is 7.67. The molecule has 0 saturated heterocycles. The summed E-state index contributed by atoms with van der Waals surface area (Å²) in [5.74, 6) is 1.52. The highest BCUT2D eigenvalue weighted by Crippen LogP contribution is 2.24. The minimum absolute atomic E-state index is 0.449. The molecule has 0 unspecified atom stereocenters. The molecule has 0 atom stereocenters. The van der Waals surface area contributed by atoms with Crippen molar-refractivity contribution in [3.8, 4) is 17.2 Å². The zero-order valence-corrected chi connectivity index (χ0v) is 11.6. The second-order valence-corrected chi connectivity index (χ2v) is 4.62. The number of nitrogens with zero attached hydrogens (tertiary/aromatic N) is 2. The topological polar surface area (TPSA) is 44.1 Å². The van der Waals surface area contributed by atoms with Crippen LogP contribution in [0, 0.1) is 6.92 Å². The van der Waals surface area contributed by atoms with E-state index in [-0.39, 0.29) is 0 Å². The molecule has 0 aliphatic carbocycles. The van der Waals surface area contributed by atoms with Crippen LogP contribution in [0.15, 0.2) is 60.9 Å². The summed E-state index contributed by atoms with van der Waals surface area (Å²) in [5.41, 5.74) is 2.16. The fourth-order valence-electron chi connectivity index (χ4n) is 2.12. The molecule has 0 aliphatic rings. The Bertz CT molecular complexity index is 763. The van der Waals surface area contributed by atoms with Crippen molar-refractivity contribution in [2.45, 2.75) is 6.92 Å². The van der Waals surface area contributed by atoms with Gasteiger partial charge in [0.1, 0.15) is 23.5 Å². The molecular weight excluding hydrogens is 264 g/mol. The smallest absolute Gasteiger partial charge is 0.170 e. The van der Waals surface area contributed by atoms with Crippen molar-refractivity contribution in [3.05, 3.63) is 72.3 Å². The second-order valence-electron chi connectivity index (χ2n) is 4.62. The van der Waals surface area contributed by atoms with Crippen LogP contribution in [-0.2, 0) is 0 Å². The van der Waals surface area contributed by atoms with Gasteiger partial charge in [0.2, 0.25) is 0 Å². The van der Waals surface area contributed by atoms with Crippen LogP contribution in [-0.4, -0.2) is 15.8 Å². The summed E-state index contributed by atoms with van der Waals surface area (Å²) in [7, 11) is 0. The number of para-hydroxylation sites is 1. The fraction of sp³-hybridized carbons (Fsp3) is 0.0588. The molecule has 0 radical (unpaired) electrons. The minimum atomic E-state index is 0.449. The number of hydrogen-bond donors (Lipinski definition) is 0. The maximum atomic E-state index is 10.9. The Labute approximate surface area is 122 Å². The van der Waals surface area contributed by atoms with E-state index in [9.17, 15) is 4.79 Å². The molecule has 0 aliphatic heterocycles. The zero-order chi connectivity index (χ0) is 14.7. The Kier molecular flexibility index (Phi) is 3.51. The van der Waals surface area contributed by atoms with E-state index in [0.717, 1.165) is 29.2 Å². The van der Waals surface area contributed by atoms with Crippen LogP contribution in [0.25, 0.3) is 5.69 Å². The molecule has 104 valence electrons. The van der Waals surface area contributed by atoms with Gasteiger partial charge in [0.25, 0.3) is 0 Å². The van der Waals surface area contributed by atoms with Crippen molar-refractivity contribution < 1.29 is 9.53 Å². The minimum Gasteiger partial charge on any atom is -0.457 e. The molecule has 3 rings (SSSR count). The Morgan fingerprint density at radius 3 is 2.52 bits per heavy atom. The van der Waals surface area contributed by atoms with Gasteiger partial charge in [0.05, 0.1) is 11.4 Å². The number of hydrogen-bond acceptors (Lipinski definition) is 3. The average molecular weight is 278 g/mol. The lowest BCUT2D eigenvalue weighted by molar-refractivity contribution is 0.111. The molecule has 0 bridgehead atoms. The lowest BCUT2D eigenvalue weighted by atomic mass is 10.2. The number of imidazole rings is 1. The molecule has 4 heteroatoms. The van der Waals surface area contributed by atoms with Crippen molar-refractivity contribution in [2.75, 3.05) is 0 Å². The van der Waals surface area contributed by atoms with Crippen molar-refractivity contribution in [1.29, 1.82) is 0 Å². The number of carbonyl (C=O) groups excluding carboxylic acids is 1. The van der Waals surface area contributed by atoms with Crippen molar-refractivity contribution >= 4 is 6.29 Å². The molecule has 1 heterocycles. The predicted octanol–water partition coefficient (Wildman–Crippen LogP) is 3.79. The highest BCUT2D eigenvalue weighted by Gasteiger charge is 2.08. The molecule has 0 fully saturated rings. The van der Waals surface area contributed by atoms with Gasteiger partial charge in [-0.2, -0.15) is 0 Å². The van der Waals surface area contributed by atoms with Gasteiger partial charge in [-0.15, -0.1) is 0 Å². The lowest BCUT2D eigenvalue weighted by Crippen LogP contribution is -1.96. The average Bonchev–Trinajstić information content (AvgIpc) is 2.89. The monoisotopic (exact) mass is 278 g/mol. The van der Waals surface area contributed by atoms with E-state index in [1.807, 2.05) is 66.1 Å². The van der Waals surface area contributed by atoms with Crippen LogP contribution in [0.1, 0.15) is 16.2 Å². The van der Waals surface area contributed by atoms with Crippen LogP contribution < -0.4 is 4.74 Å². The van der Waals surface area contributed by atoms with Gasteiger partial charge in [-0.1, -0.05) is 24.3 Å². The quantitative estimate of drug-likeness (QED) is 0.682. The van der Waals surface area contributed by atoms with Gasteiger partial charge < -0.3 is 9.30 Å². The van der Waals surface area contributed by atoms with E-state index >= 15 is 0 Å². The van der Waals surface area contributed by atoms with E-state index < -0.39 is 0 Å².